The molecule has 0 bridgehead atoms. The van der Waals surface area contributed by atoms with Gasteiger partial charge in [0, 0.05) is 24.1 Å². The third-order valence-corrected chi connectivity index (χ3v) is 4.66. The summed E-state index contributed by atoms with van der Waals surface area (Å²) in [6.45, 7) is 0.869. The Bertz CT molecular complexity index is 939. The normalized spacial score (nSPS) is 14.8. The van der Waals surface area contributed by atoms with Gasteiger partial charge in [0.15, 0.2) is 0 Å². The predicted molar refractivity (Wildman–Crippen MR) is 94.4 cm³/mol. The molecule has 1 aliphatic heterocycles. The highest BCUT2D eigenvalue weighted by molar-refractivity contribution is 5.83. The summed E-state index contributed by atoms with van der Waals surface area (Å²) >= 11 is 0. The lowest BCUT2D eigenvalue weighted by Crippen LogP contribution is -2.41. The van der Waals surface area contributed by atoms with Crippen LogP contribution in [0.5, 0.6) is 0 Å². The van der Waals surface area contributed by atoms with Crippen LogP contribution in [-0.2, 0) is 17.8 Å². The average molecular weight is 351 g/mol. The molecule has 1 aromatic heterocycles. The summed E-state index contributed by atoms with van der Waals surface area (Å²) in [4.78, 5) is 14.5. The first-order chi connectivity index (χ1) is 12.6. The summed E-state index contributed by atoms with van der Waals surface area (Å²) in [5.74, 6) is 0.254. The van der Waals surface area contributed by atoms with Crippen molar-refractivity contribution < 1.29 is 13.7 Å². The van der Waals surface area contributed by atoms with Crippen molar-refractivity contribution in [2.75, 3.05) is 6.54 Å². The highest BCUT2D eigenvalue weighted by Gasteiger charge is 2.30. The van der Waals surface area contributed by atoms with Crippen molar-refractivity contribution in [3.8, 4) is 11.3 Å². The zero-order valence-corrected chi connectivity index (χ0v) is 14.1. The molecule has 0 unspecified atom stereocenters. The Morgan fingerprint density at radius 2 is 2.00 bits per heavy atom. The maximum atomic E-state index is 13.6. The third-order valence-electron chi connectivity index (χ3n) is 4.66. The van der Waals surface area contributed by atoms with E-state index < -0.39 is 6.04 Å². The van der Waals surface area contributed by atoms with E-state index >= 15 is 0 Å². The summed E-state index contributed by atoms with van der Waals surface area (Å²) < 4.78 is 19.0. The van der Waals surface area contributed by atoms with Crippen LogP contribution in [0.15, 0.2) is 59.1 Å². The number of carbonyl (C=O) groups is 1. The number of hydrogen-bond acceptors (Lipinski definition) is 4. The molecule has 1 aliphatic rings. The summed E-state index contributed by atoms with van der Waals surface area (Å²) in [7, 11) is 0. The predicted octanol–water partition coefficient (Wildman–Crippen LogP) is 3.07. The Morgan fingerprint density at radius 3 is 2.77 bits per heavy atom. The van der Waals surface area contributed by atoms with E-state index in [2.05, 4.69) is 5.16 Å². The van der Waals surface area contributed by atoms with E-state index in [1.54, 1.807) is 17.0 Å². The van der Waals surface area contributed by atoms with Gasteiger partial charge in [-0.25, -0.2) is 4.39 Å². The molecule has 0 spiro atoms. The van der Waals surface area contributed by atoms with Crippen molar-refractivity contribution in [2.45, 2.75) is 19.0 Å². The molecule has 0 fully saturated rings. The fourth-order valence-electron chi connectivity index (χ4n) is 3.26. The van der Waals surface area contributed by atoms with Crippen molar-refractivity contribution in [3.05, 3.63) is 77.3 Å². The van der Waals surface area contributed by atoms with Gasteiger partial charge in [0.25, 0.3) is 0 Å². The molecule has 132 valence electrons. The van der Waals surface area contributed by atoms with Crippen LogP contribution in [0.25, 0.3) is 11.3 Å². The second-order valence-corrected chi connectivity index (χ2v) is 6.34. The van der Waals surface area contributed by atoms with Gasteiger partial charge in [-0.05, 0) is 17.7 Å². The van der Waals surface area contributed by atoms with Crippen molar-refractivity contribution in [1.29, 1.82) is 0 Å². The SMILES string of the molecule is N[C@@H](C(=O)N1CCc2onc(-c3cccc(F)c3)c2C1)c1ccccc1. The summed E-state index contributed by atoms with van der Waals surface area (Å²) in [6.07, 6.45) is 0.560. The molecule has 0 saturated heterocycles. The van der Waals surface area contributed by atoms with Gasteiger partial charge >= 0.3 is 0 Å². The zero-order chi connectivity index (χ0) is 18.1. The number of nitrogens with zero attached hydrogens (tertiary/aromatic N) is 2. The van der Waals surface area contributed by atoms with Crippen LogP contribution in [0.2, 0.25) is 0 Å². The fourth-order valence-corrected chi connectivity index (χ4v) is 3.26. The first-order valence-electron chi connectivity index (χ1n) is 8.46. The molecule has 5 nitrogen and oxygen atoms in total. The lowest BCUT2D eigenvalue weighted by molar-refractivity contribution is -0.133. The lowest BCUT2D eigenvalue weighted by atomic mass is 9.99. The van der Waals surface area contributed by atoms with Crippen molar-refractivity contribution in [1.82, 2.24) is 10.1 Å². The maximum Gasteiger partial charge on any atom is 0.244 e. The minimum atomic E-state index is -0.713. The van der Waals surface area contributed by atoms with E-state index in [1.165, 1.54) is 12.1 Å². The molecule has 1 atom stereocenters. The summed E-state index contributed by atoms with van der Waals surface area (Å²) in [6, 6.07) is 14.8. The van der Waals surface area contributed by atoms with E-state index in [9.17, 15) is 9.18 Å². The van der Waals surface area contributed by atoms with E-state index in [-0.39, 0.29) is 11.7 Å². The monoisotopic (exact) mass is 351 g/mol. The number of rotatable bonds is 3. The number of aromatic nitrogens is 1. The van der Waals surface area contributed by atoms with Gasteiger partial charge in [0.1, 0.15) is 23.3 Å². The molecule has 2 N–H and O–H groups in total. The van der Waals surface area contributed by atoms with E-state index in [0.29, 0.717) is 30.8 Å². The van der Waals surface area contributed by atoms with Gasteiger partial charge in [-0.3, -0.25) is 4.79 Å². The summed E-state index contributed by atoms with van der Waals surface area (Å²) in [5.41, 5.74) is 8.96. The van der Waals surface area contributed by atoms with Crippen molar-refractivity contribution in [3.63, 3.8) is 0 Å². The number of benzene rings is 2. The quantitative estimate of drug-likeness (QED) is 0.787. The molecule has 4 rings (SSSR count). The number of nitrogens with two attached hydrogens (primary N) is 1. The zero-order valence-electron chi connectivity index (χ0n) is 14.1. The molecular weight excluding hydrogens is 333 g/mol. The second kappa shape index (κ2) is 6.72. The number of carbonyl (C=O) groups excluding carboxylic acids is 1. The van der Waals surface area contributed by atoms with Gasteiger partial charge in [0.2, 0.25) is 5.91 Å². The minimum Gasteiger partial charge on any atom is -0.360 e. The molecule has 26 heavy (non-hydrogen) atoms. The number of amides is 1. The molecule has 0 saturated carbocycles. The molecule has 6 heteroatoms. The third kappa shape index (κ3) is 2.99. The molecule has 0 aliphatic carbocycles. The van der Waals surface area contributed by atoms with Crippen molar-refractivity contribution >= 4 is 5.91 Å². The van der Waals surface area contributed by atoms with Gasteiger partial charge in [-0.15, -0.1) is 0 Å². The summed E-state index contributed by atoms with van der Waals surface area (Å²) in [5, 5.41) is 4.10. The molecule has 2 aromatic carbocycles. The van der Waals surface area contributed by atoms with Crippen molar-refractivity contribution in [2.24, 2.45) is 5.73 Å². The Morgan fingerprint density at radius 1 is 1.19 bits per heavy atom. The number of halogens is 1. The average Bonchev–Trinajstić information content (AvgIpc) is 3.10. The largest absolute Gasteiger partial charge is 0.360 e. The Balaban J connectivity index is 1.60. The van der Waals surface area contributed by atoms with Crippen LogP contribution in [-0.4, -0.2) is 22.5 Å². The van der Waals surface area contributed by atoms with Gasteiger partial charge in [0.05, 0.1) is 6.54 Å². The fraction of sp³-hybridized carbons (Fsp3) is 0.200. The van der Waals surface area contributed by atoms with Crippen LogP contribution in [0.3, 0.4) is 0 Å². The molecule has 0 radical (unpaired) electrons. The number of fused-ring (bicyclic) bond motifs is 1. The highest BCUT2D eigenvalue weighted by Crippen LogP contribution is 2.31. The van der Waals surface area contributed by atoms with Gasteiger partial charge in [-0.1, -0.05) is 47.6 Å². The Hall–Kier alpha value is -2.99. The first-order valence-corrected chi connectivity index (χ1v) is 8.46. The van der Waals surface area contributed by atoms with Crippen LogP contribution >= 0.6 is 0 Å². The van der Waals surface area contributed by atoms with E-state index in [4.69, 9.17) is 10.3 Å². The lowest BCUT2D eigenvalue weighted by Gasteiger charge is -2.28. The smallest absolute Gasteiger partial charge is 0.244 e. The number of hydrogen-bond donors (Lipinski definition) is 1. The Kier molecular flexibility index (Phi) is 4.26. The maximum absolute atomic E-state index is 13.6. The van der Waals surface area contributed by atoms with E-state index in [0.717, 1.165) is 16.9 Å². The second-order valence-electron chi connectivity index (χ2n) is 6.34. The van der Waals surface area contributed by atoms with Gasteiger partial charge in [-0.2, -0.15) is 0 Å². The van der Waals surface area contributed by atoms with Crippen LogP contribution < -0.4 is 5.73 Å². The molecular formula is C20H18FN3O2. The van der Waals surface area contributed by atoms with Crippen LogP contribution in [0.4, 0.5) is 4.39 Å². The standard InChI is InChI=1S/C20H18FN3O2/c21-15-8-4-7-14(11-15)19-16-12-24(10-9-17(16)26-23-19)20(25)18(22)13-5-2-1-3-6-13/h1-8,11,18H,9-10,12,22H2/t18-/m1/s1. The van der Waals surface area contributed by atoms with Gasteiger partial charge < -0.3 is 15.2 Å². The Labute approximate surface area is 150 Å². The van der Waals surface area contributed by atoms with Crippen LogP contribution in [0, 0.1) is 5.82 Å². The molecule has 3 aromatic rings. The topological polar surface area (TPSA) is 72.4 Å². The highest BCUT2D eigenvalue weighted by atomic mass is 19.1. The van der Waals surface area contributed by atoms with Crippen LogP contribution in [0.1, 0.15) is 22.9 Å². The molecule has 1 amide bonds. The first kappa shape index (κ1) is 16.5. The van der Waals surface area contributed by atoms with E-state index in [1.807, 2.05) is 30.3 Å². The minimum absolute atomic E-state index is 0.145. The molecule has 2 heterocycles.